The zero-order valence-corrected chi connectivity index (χ0v) is 17.8. The number of benzene rings is 2. The second-order valence-corrected chi connectivity index (χ2v) is 8.03. The molecule has 4 rings (SSSR count). The molecule has 32 heavy (non-hydrogen) atoms. The van der Waals surface area contributed by atoms with Crippen LogP contribution in [-0.2, 0) is 16.0 Å². The van der Waals surface area contributed by atoms with Crippen LogP contribution < -0.4 is 26.2 Å². The fourth-order valence-corrected chi connectivity index (χ4v) is 3.97. The molecular formula is C23H28FN5O3. The summed E-state index contributed by atoms with van der Waals surface area (Å²) in [6.07, 6.45) is -0.680. The number of piperazine rings is 1. The van der Waals surface area contributed by atoms with Crippen LogP contribution in [-0.4, -0.2) is 63.4 Å². The standard InChI is InChI=1S/C23H28FN5O3/c24-19-13-17(6-7-21(19)28-10-8-26-9-11-28)29-15-18(32-23(29)31)14-27-22(30)20(25)12-16-4-2-1-3-5-16/h1-7,13,18,20,26H,8-12,14-15,25H2,(H,27,30)/t18-,20?/m0/s1. The number of halogens is 1. The predicted molar refractivity (Wildman–Crippen MR) is 120 cm³/mol. The summed E-state index contributed by atoms with van der Waals surface area (Å²) < 4.78 is 20.1. The number of carbonyl (C=O) groups excluding carboxylic acids is 2. The van der Waals surface area contributed by atoms with Gasteiger partial charge in [0, 0.05) is 26.2 Å². The van der Waals surface area contributed by atoms with Crippen LogP contribution in [0.3, 0.4) is 0 Å². The third-order valence-electron chi connectivity index (χ3n) is 5.71. The van der Waals surface area contributed by atoms with Crippen molar-refractivity contribution in [3.63, 3.8) is 0 Å². The molecule has 2 aliphatic rings. The Morgan fingerprint density at radius 2 is 1.97 bits per heavy atom. The molecule has 9 heteroatoms. The van der Waals surface area contributed by atoms with Gasteiger partial charge in [-0.25, -0.2) is 9.18 Å². The lowest BCUT2D eigenvalue weighted by atomic mass is 10.1. The zero-order chi connectivity index (χ0) is 22.5. The first-order chi connectivity index (χ1) is 15.5. The zero-order valence-electron chi connectivity index (χ0n) is 17.8. The third-order valence-corrected chi connectivity index (χ3v) is 5.71. The number of carbonyl (C=O) groups is 2. The first-order valence-electron chi connectivity index (χ1n) is 10.8. The van der Waals surface area contributed by atoms with E-state index in [1.807, 2.05) is 35.2 Å². The normalized spacial score (nSPS) is 19.6. The maximum Gasteiger partial charge on any atom is 0.414 e. The van der Waals surface area contributed by atoms with Crippen LogP contribution in [0.25, 0.3) is 0 Å². The summed E-state index contributed by atoms with van der Waals surface area (Å²) in [7, 11) is 0. The maximum absolute atomic E-state index is 14.7. The quantitative estimate of drug-likeness (QED) is 0.598. The van der Waals surface area contributed by atoms with Crippen LogP contribution in [0.15, 0.2) is 48.5 Å². The van der Waals surface area contributed by atoms with E-state index in [-0.39, 0.29) is 24.8 Å². The molecule has 4 N–H and O–H groups in total. The average molecular weight is 442 g/mol. The van der Waals surface area contributed by atoms with Gasteiger partial charge in [-0.3, -0.25) is 9.69 Å². The van der Waals surface area contributed by atoms with E-state index in [9.17, 15) is 14.0 Å². The molecule has 2 saturated heterocycles. The molecule has 2 aromatic rings. The number of nitrogens with zero attached hydrogens (tertiary/aromatic N) is 2. The smallest absolute Gasteiger partial charge is 0.414 e. The number of nitrogens with one attached hydrogen (secondary N) is 2. The Labute approximate surface area is 186 Å². The summed E-state index contributed by atoms with van der Waals surface area (Å²) in [4.78, 5) is 28.0. The van der Waals surface area contributed by atoms with Crippen molar-refractivity contribution in [3.05, 3.63) is 59.9 Å². The molecule has 2 aliphatic heterocycles. The van der Waals surface area contributed by atoms with E-state index in [0.29, 0.717) is 17.8 Å². The molecule has 2 atom stereocenters. The second-order valence-electron chi connectivity index (χ2n) is 8.03. The van der Waals surface area contributed by atoms with E-state index < -0.39 is 18.2 Å². The van der Waals surface area contributed by atoms with E-state index in [2.05, 4.69) is 10.6 Å². The van der Waals surface area contributed by atoms with Gasteiger partial charge in [-0.15, -0.1) is 0 Å². The van der Waals surface area contributed by atoms with Crippen molar-refractivity contribution >= 4 is 23.4 Å². The molecule has 2 fully saturated rings. The summed E-state index contributed by atoms with van der Waals surface area (Å²) in [5, 5.41) is 5.98. The molecule has 0 saturated carbocycles. The Hall–Kier alpha value is -3.17. The number of amides is 2. The van der Waals surface area contributed by atoms with Gasteiger partial charge in [-0.2, -0.15) is 0 Å². The number of cyclic esters (lactones) is 1. The summed E-state index contributed by atoms with van der Waals surface area (Å²) in [5.74, 6) is -0.685. The minimum absolute atomic E-state index is 0.144. The molecule has 0 aromatic heterocycles. The van der Waals surface area contributed by atoms with Crippen molar-refractivity contribution in [3.8, 4) is 0 Å². The number of nitrogens with two attached hydrogens (primary N) is 1. The highest BCUT2D eigenvalue weighted by molar-refractivity contribution is 5.90. The second kappa shape index (κ2) is 9.97. The summed E-state index contributed by atoms with van der Waals surface area (Å²) in [5.41, 5.74) is 7.92. The van der Waals surface area contributed by atoms with E-state index >= 15 is 0 Å². The molecule has 8 nitrogen and oxygen atoms in total. The van der Waals surface area contributed by atoms with Crippen LogP contribution in [0.2, 0.25) is 0 Å². The average Bonchev–Trinajstić information content (AvgIpc) is 3.19. The molecule has 2 amide bonds. The highest BCUT2D eigenvalue weighted by atomic mass is 19.1. The maximum atomic E-state index is 14.7. The van der Waals surface area contributed by atoms with Crippen LogP contribution in [0.1, 0.15) is 5.56 Å². The topological polar surface area (TPSA) is 99.9 Å². The minimum atomic E-state index is -0.697. The minimum Gasteiger partial charge on any atom is -0.442 e. The fraction of sp³-hybridized carbons (Fsp3) is 0.391. The molecule has 0 bridgehead atoms. The van der Waals surface area contributed by atoms with E-state index in [4.69, 9.17) is 10.5 Å². The SMILES string of the molecule is NC(Cc1ccccc1)C(=O)NC[C@H]1CN(c2ccc(N3CCNCC3)c(F)c2)C(=O)O1. The Kier molecular flexibility index (Phi) is 6.87. The molecule has 2 aromatic carbocycles. The summed E-state index contributed by atoms with van der Waals surface area (Å²) in [6.45, 7) is 3.45. The van der Waals surface area contributed by atoms with Gasteiger partial charge in [0.1, 0.15) is 11.9 Å². The molecule has 170 valence electrons. The molecule has 0 aliphatic carbocycles. The highest BCUT2D eigenvalue weighted by Gasteiger charge is 2.33. The monoisotopic (exact) mass is 441 g/mol. The summed E-state index contributed by atoms with van der Waals surface area (Å²) >= 11 is 0. The van der Waals surface area contributed by atoms with Crippen molar-refractivity contribution in [2.75, 3.05) is 49.1 Å². The number of rotatable bonds is 7. The van der Waals surface area contributed by atoms with Gasteiger partial charge in [0.25, 0.3) is 0 Å². The third kappa shape index (κ3) is 5.17. The Bertz CT molecular complexity index is 952. The van der Waals surface area contributed by atoms with Gasteiger partial charge in [0.15, 0.2) is 0 Å². The Morgan fingerprint density at radius 1 is 1.22 bits per heavy atom. The van der Waals surface area contributed by atoms with Crippen LogP contribution in [0, 0.1) is 5.82 Å². The van der Waals surface area contributed by atoms with E-state index in [0.717, 1.165) is 31.7 Å². The Balaban J connectivity index is 1.31. The van der Waals surface area contributed by atoms with Crippen molar-refractivity contribution in [1.29, 1.82) is 0 Å². The van der Waals surface area contributed by atoms with Crippen molar-refractivity contribution in [2.45, 2.75) is 18.6 Å². The van der Waals surface area contributed by atoms with E-state index in [1.54, 1.807) is 12.1 Å². The number of hydrogen-bond acceptors (Lipinski definition) is 6. The molecule has 2 heterocycles. The largest absolute Gasteiger partial charge is 0.442 e. The number of hydrogen-bond donors (Lipinski definition) is 3. The first kappa shape index (κ1) is 22.0. The predicted octanol–water partition coefficient (Wildman–Crippen LogP) is 1.25. The summed E-state index contributed by atoms with van der Waals surface area (Å²) in [6, 6.07) is 13.6. The van der Waals surface area contributed by atoms with E-state index in [1.165, 1.54) is 11.0 Å². The lowest BCUT2D eigenvalue weighted by Crippen LogP contribution is -2.45. The molecule has 0 spiro atoms. The van der Waals surface area contributed by atoms with Gasteiger partial charge < -0.3 is 26.0 Å². The van der Waals surface area contributed by atoms with Gasteiger partial charge in [0.05, 0.1) is 30.5 Å². The highest BCUT2D eigenvalue weighted by Crippen LogP contribution is 2.28. The van der Waals surface area contributed by atoms with Gasteiger partial charge >= 0.3 is 6.09 Å². The van der Waals surface area contributed by atoms with Crippen LogP contribution in [0.5, 0.6) is 0 Å². The molecular weight excluding hydrogens is 413 g/mol. The lowest BCUT2D eigenvalue weighted by molar-refractivity contribution is -0.122. The van der Waals surface area contributed by atoms with Crippen LogP contribution in [0.4, 0.5) is 20.6 Å². The molecule has 1 unspecified atom stereocenters. The molecule has 0 radical (unpaired) electrons. The lowest BCUT2D eigenvalue weighted by Gasteiger charge is -2.30. The van der Waals surface area contributed by atoms with Crippen LogP contribution >= 0.6 is 0 Å². The van der Waals surface area contributed by atoms with Crippen molar-refractivity contribution < 1.29 is 18.7 Å². The van der Waals surface area contributed by atoms with Crippen molar-refractivity contribution in [1.82, 2.24) is 10.6 Å². The Morgan fingerprint density at radius 3 is 2.69 bits per heavy atom. The number of ether oxygens (including phenoxy) is 1. The number of anilines is 2. The van der Waals surface area contributed by atoms with Gasteiger partial charge in [0.2, 0.25) is 5.91 Å². The van der Waals surface area contributed by atoms with Gasteiger partial charge in [-0.05, 0) is 30.2 Å². The first-order valence-corrected chi connectivity index (χ1v) is 10.8. The fourth-order valence-electron chi connectivity index (χ4n) is 3.97. The van der Waals surface area contributed by atoms with Crippen molar-refractivity contribution in [2.24, 2.45) is 5.73 Å². The van der Waals surface area contributed by atoms with Gasteiger partial charge in [-0.1, -0.05) is 30.3 Å².